The molecule has 0 aromatic carbocycles. The molecule has 1 aliphatic rings. The molecular formula is C13H28N2O. The zero-order valence-electron chi connectivity index (χ0n) is 11.3. The van der Waals surface area contributed by atoms with E-state index in [1.165, 1.54) is 0 Å². The fourth-order valence-electron chi connectivity index (χ4n) is 2.25. The molecule has 3 N–H and O–H groups in total. The van der Waals surface area contributed by atoms with E-state index in [1.54, 1.807) is 0 Å². The van der Waals surface area contributed by atoms with Gasteiger partial charge in [0.1, 0.15) is 0 Å². The Labute approximate surface area is 100 Å². The van der Waals surface area contributed by atoms with Crippen molar-refractivity contribution < 1.29 is 4.74 Å². The van der Waals surface area contributed by atoms with Crippen LogP contribution in [-0.2, 0) is 4.74 Å². The Morgan fingerprint density at radius 2 is 2.12 bits per heavy atom. The number of hydrogen-bond acceptors (Lipinski definition) is 3. The third kappa shape index (κ3) is 5.28. The van der Waals surface area contributed by atoms with Crippen molar-refractivity contribution in [2.75, 3.05) is 19.8 Å². The Balaban J connectivity index is 2.15. The molecule has 0 bridgehead atoms. The summed E-state index contributed by atoms with van der Waals surface area (Å²) in [6.45, 7) is 11.7. The summed E-state index contributed by atoms with van der Waals surface area (Å²) in [6, 6.07) is 0.304. The average Bonchev–Trinajstić information content (AvgIpc) is 2.49. The standard InChI is InChI=1S/C13H28N2O/c1-12(2,3)9-11(14)5-7-15-13(4)6-8-16-10-13/h11,15H,5-10,14H2,1-4H3. The van der Waals surface area contributed by atoms with Crippen LogP contribution in [0.25, 0.3) is 0 Å². The van der Waals surface area contributed by atoms with Crippen molar-refractivity contribution in [3.63, 3.8) is 0 Å². The molecule has 2 atom stereocenters. The van der Waals surface area contributed by atoms with Crippen molar-refractivity contribution in [1.29, 1.82) is 0 Å². The van der Waals surface area contributed by atoms with Crippen LogP contribution < -0.4 is 11.1 Å². The largest absolute Gasteiger partial charge is 0.379 e. The van der Waals surface area contributed by atoms with Crippen LogP contribution in [0, 0.1) is 5.41 Å². The van der Waals surface area contributed by atoms with Crippen LogP contribution in [0.4, 0.5) is 0 Å². The molecule has 3 heteroatoms. The van der Waals surface area contributed by atoms with Gasteiger partial charge in [-0.05, 0) is 38.1 Å². The minimum absolute atomic E-state index is 0.182. The molecule has 1 fully saturated rings. The lowest BCUT2D eigenvalue weighted by molar-refractivity contribution is 0.171. The van der Waals surface area contributed by atoms with Gasteiger partial charge in [-0.2, -0.15) is 0 Å². The summed E-state index contributed by atoms with van der Waals surface area (Å²) < 4.78 is 5.40. The highest BCUT2D eigenvalue weighted by atomic mass is 16.5. The first kappa shape index (κ1) is 13.9. The van der Waals surface area contributed by atoms with Crippen molar-refractivity contribution in [1.82, 2.24) is 5.32 Å². The SMILES string of the molecule is CC(C)(C)CC(N)CCNC1(C)CCOC1. The summed E-state index contributed by atoms with van der Waals surface area (Å²) in [4.78, 5) is 0. The number of nitrogens with two attached hydrogens (primary N) is 1. The molecule has 1 saturated heterocycles. The monoisotopic (exact) mass is 228 g/mol. The molecule has 1 aliphatic heterocycles. The number of rotatable bonds is 5. The van der Waals surface area contributed by atoms with Crippen molar-refractivity contribution in [3.05, 3.63) is 0 Å². The second-order valence-electron chi connectivity index (χ2n) is 6.60. The molecule has 2 unspecified atom stereocenters. The molecule has 0 saturated carbocycles. The van der Waals surface area contributed by atoms with Gasteiger partial charge in [-0.25, -0.2) is 0 Å². The highest BCUT2D eigenvalue weighted by Gasteiger charge is 2.28. The van der Waals surface area contributed by atoms with E-state index in [4.69, 9.17) is 10.5 Å². The van der Waals surface area contributed by atoms with Gasteiger partial charge in [0, 0.05) is 18.2 Å². The maximum atomic E-state index is 6.12. The quantitative estimate of drug-likeness (QED) is 0.755. The fourth-order valence-corrected chi connectivity index (χ4v) is 2.25. The maximum Gasteiger partial charge on any atom is 0.0646 e. The molecule has 0 aromatic heterocycles. The van der Waals surface area contributed by atoms with Gasteiger partial charge >= 0.3 is 0 Å². The Bertz CT molecular complexity index is 204. The summed E-state index contributed by atoms with van der Waals surface area (Å²) >= 11 is 0. The van der Waals surface area contributed by atoms with Gasteiger partial charge in [-0.15, -0.1) is 0 Å². The van der Waals surface area contributed by atoms with E-state index in [0.717, 1.165) is 39.0 Å². The van der Waals surface area contributed by atoms with E-state index < -0.39 is 0 Å². The van der Waals surface area contributed by atoms with Gasteiger partial charge in [0.05, 0.1) is 6.61 Å². The van der Waals surface area contributed by atoms with Gasteiger partial charge in [0.2, 0.25) is 0 Å². The van der Waals surface area contributed by atoms with Crippen molar-refractivity contribution in [3.8, 4) is 0 Å². The van der Waals surface area contributed by atoms with Crippen LogP contribution in [0.3, 0.4) is 0 Å². The third-order valence-corrected chi connectivity index (χ3v) is 3.16. The molecule has 0 spiro atoms. The molecule has 1 rings (SSSR count). The summed E-state index contributed by atoms with van der Waals surface area (Å²) in [5.41, 5.74) is 6.63. The lowest BCUT2D eigenvalue weighted by atomic mass is 9.87. The molecule has 0 radical (unpaired) electrons. The lowest BCUT2D eigenvalue weighted by Crippen LogP contribution is -2.44. The number of ether oxygens (including phenoxy) is 1. The molecule has 96 valence electrons. The first-order chi connectivity index (χ1) is 7.31. The molecule has 0 aliphatic carbocycles. The predicted molar refractivity (Wildman–Crippen MR) is 68.5 cm³/mol. The Morgan fingerprint density at radius 1 is 1.44 bits per heavy atom. The maximum absolute atomic E-state index is 6.12. The summed E-state index contributed by atoms with van der Waals surface area (Å²) in [7, 11) is 0. The van der Waals surface area contributed by atoms with Gasteiger partial charge in [0.25, 0.3) is 0 Å². The van der Waals surface area contributed by atoms with Crippen LogP contribution >= 0.6 is 0 Å². The fraction of sp³-hybridized carbons (Fsp3) is 1.00. The first-order valence-electron chi connectivity index (χ1n) is 6.39. The van der Waals surface area contributed by atoms with Crippen molar-refractivity contribution in [2.45, 2.75) is 58.5 Å². The van der Waals surface area contributed by atoms with Gasteiger partial charge in [-0.3, -0.25) is 0 Å². The topological polar surface area (TPSA) is 47.3 Å². The summed E-state index contributed by atoms with van der Waals surface area (Å²) in [5, 5.41) is 3.57. The minimum Gasteiger partial charge on any atom is -0.379 e. The van der Waals surface area contributed by atoms with Crippen molar-refractivity contribution in [2.24, 2.45) is 11.1 Å². The predicted octanol–water partition coefficient (Wildman–Crippen LogP) is 1.91. The van der Waals surface area contributed by atoms with E-state index >= 15 is 0 Å². The Kier molecular flexibility index (Phi) is 4.77. The zero-order chi connectivity index (χ0) is 12.2. The van der Waals surface area contributed by atoms with E-state index in [2.05, 4.69) is 33.0 Å². The second kappa shape index (κ2) is 5.48. The molecule has 1 heterocycles. The normalized spacial score (nSPS) is 28.3. The van der Waals surface area contributed by atoms with E-state index in [-0.39, 0.29) is 5.54 Å². The van der Waals surface area contributed by atoms with Crippen molar-refractivity contribution >= 4 is 0 Å². The van der Waals surface area contributed by atoms with Gasteiger partial charge < -0.3 is 15.8 Å². The molecule has 0 aromatic rings. The zero-order valence-corrected chi connectivity index (χ0v) is 11.3. The van der Waals surface area contributed by atoms with E-state index in [1.807, 2.05) is 0 Å². The minimum atomic E-state index is 0.182. The average molecular weight is 228 g/mol. The summed E-state index contributed by atoms with van der Waals surface area (Å²) in [6.07, 6.45) is 3.25. The first-order valence-corrected chi connectivity index (χ1v) is 6.39. The van der Waals surface area contributed by atoms with Gasteiger partial charge in [0.15, 0.2) is 0 Å². The Morgan fingerprint density at radius 3 is 2.62 bits per heavy atom. The van der Waals surface area contributed by atoms with E-state index in [9.17, 15) is 0 Å². The lowest BCUT2D eigenvalue weighted by Gasteiger charge is -2.26. The van der Waals surface area contributed by atoms with Crippen LogP contribution in [0.1, 0.15) is 47.0 Å². The molecule has 16 heavy (non-hydrogen) atoms. The van der Waals surface area contributed by atoms with Crippen LogP contribution in [0.2, 0.25) is 0 Å². The second-order valence-corrected chi connectivity index (χ2v) is 6.60. The smallest absolute Gasteiger partial charge is 0.0646 e. The molecule has 0 amide bonds. The summed E-state index contributed by atoms with van der Waals surface area (Å²) in [5.74, 6) is 0. The molecule has 3 nitrogen and oxygen atoms in total. The molecular weight excluding hydrogens is 200 g/mol. The third-order valence-electron chi connectivity index (χ3n) is 3.16. The number of hydrogen-bond donors (Lipinski definition) is 2. The highest BCUT2D eigenvalue weighted by molar-refractivity contribution is 4.87. The van der Waals surface area contributed by atoms with Gasteiger partial charge in [-0.1, -0.05) is 20.8 Å². The highest BCUT2D eigenvalue weighted by Crippen LogP contribution is 2.21. The Hall–Kier alpha value is -0.120. The van der Waals surface area contributed by atoms with Crippen LogP contribution in [0.15, 0.2) is 0 Å². The van der Waals surface area contributed by atoms with Crippen LogP contribution in [-0.4, -0.2) is 31.3 Å². The van der Waals surface area contributed by atoms with E-state index in [0.29, 0.717) is 11.5 Å². The van der Waals surface area contributed by atoms with Crippen LogP contribution in [0.5, 0.6) is 0 Å². The number of nitrogens with one attached hydrogen (secondary N) is 1.